The van der Waals surface area contributed by atoms with Crippen molar-refractivity contribution in [1.82, 2.24) is 5.32 Å². The second-order valence-electron chi connectivity index (χ2n) is 3.19. The summed E-state index contributed by atoms with van der Waals surface area (Å²) in [6.45, 7) is 5.92. The van der Waals surface area contributed by atoms with E-state index in [1.807, 2.05) is 31.2 Å². The molecule has 1 rings (SSSR count). The zero-order valence-corrected chi connectivity index (χ0v) is 8.66. The topological polar surface area (TPSA) is 12.0 Å². The van der Waals surface area contributed by atoms with Crippen molar-refractivity contribution in [3.63, 3.8) is 0 Å². The first-order valence-electron chi connectivity index (χ1n) is 4.94. The summed E-state index contributed by atoms with van der Waals surface area (Å²) in [6, 6.07) is 0. The van der Waals surface area contributed by atoms with Crippen LogP contribution in [0.2, 0.25) is 0 Å². The molecule has 0 atom stereocenters. The highest BCUT2D eigenvalue weighted by molar-refractivity contribution is 5.25. The first kappa shape index (κ1) is 10.6. The lowest BCUT2D eigenvalue weighted by atomic mass is 10.1. The van der Waals surface area contributed by atoms with Crippen LogP contribution in [0.4, 0.5) is 0 Å². The number of rotatable bonds is 4. The van der Waals surface area contributed by atoms with Crippen molar-refractivity contribution >= 4 is 0 Å². The number of nitrogens with one attached hydrogen (secondary N) is 1. The largest absolute Gasteiger partial charge is 0.359 e. The molecule has 0 aromatic rings. The highest BCUT2D eigenvalue weighted by Gasteiger charge is 1.97. The lowest BCUT2D eigenvalue weighted by molar-refractivity contribution is 0.852. The molecule has 0 aliphatic heterocycles. The zero-order chi connectivity index (χ0) is 10.2. The number of allylic oxidation sites excluding steroid dienone is 8. The fourth-order valence-corrected chi connectivity index (χ4v) is 1.24. The first-order valence-corrected chi connectivity index (χ1v) is 4.94. The maximum Gasteiger partial charge on any atom is 0.0308 e. The molecule has 0 amide bonds. The van der Waals surface area contributed by atoms with Crippen LogP contribution in [0, 0.1) is 0 Å². The van der Waals surface area contributed by atoms with E-state index in [-0.39, 0.29) is 0 Å². The summed E-state index contributed by atoms with van der Waals surface area (Å²) in [5.74, 6) is 0. The number of hydrogen-bond acceptors (Lipinski definition) is 1. The molecular weight excluding hydrogens is 170 g/mol. The minimum absolute atomic E-state index is 0.935. The Hall–Kier alpha value is -1.50. The van der Waals surface area contributed by atoms with Gasteiger partial charge in [-0.3, -0.25) is 0 Å². The van der Waals surface area contributed by atoms with E-state index in [2.05, 4.69) is 30.1 Å². The van der Waals surface area contributed by atoms with Crippen LogP contribution in [0.15, 0.2) is 60.5 Å². The van der Waals surface area contributed by atoms with E-state index in [0.29, 0.717) is 0 Å². The van der Waals surface area contributed by atoms with Gasteiger partial charge in [-0.25, -0.2) is 0 Å². The standard InChI is InChI=1S/C13H17N/c1-3-4-6-9-12(2)14-13-10-7-5-8-11-13/h3-7,9-10,14H,2,8,11H2,1H3/b4-3-,9-6-. The Balaban J connectivity index is 2.40. The molecule has 0 bridgehead atoms. The van der Waals surface area contributed by atoms with Crippen molar-refractivity contribution in [2.75, 3.05) is 0 Å². The zero-order valence-electron chi connectivity index (χ0n) is 8.66. The summed E-state index contributed by atoms with van der Waals surface area (Å²) in [7, 11) is 0. The van der Waals surface area contributed by atoms with Crippen LogP contribution >= 0.6 is 0 Å². The summed E-state index contributed by atoms with van der Waals surface area (Å²) in [5.41, 5.74) is 2.17. The molecule has 0 unspecified atom stereocenters. The fraction of sp³-hybridized carbons (Fsp3) is 0.231. The van der Waals surface area contributed by atoms with Crippen molar-refractivity contribution in [3.8, 4) is 0 Å². The Bertz CT molecular complexity index is 303. The van der Waals surface area contributed by atoms with Crippen molar-refractivity contribution in [2.45, 2.75) is 19.8 Å². The monoisotopic (exact) mass is 187 g/mol. The van der Waals surface area contributed by atoms with Crippen LogP contribution in [-0.4, -0.2) is 0 Å². The molecule has 0 saturated heterocycles. The SMILES string of the molecule is C=C(/C=C\C=C/C)NC1=CC=CCC1. The molecular formula is C13H17N. The molecule has 0 saturated carbocycles. The highest BCUT2D eigenvalue weighted by Crippen LogP contribution is 2.10. The summed E-state index contributed by atoms with van der Waals surface area (Å²) < 4.78 is 0. The van der Waals surface area contributed by atoms with Gasteiger partial charge in [0, 0.05) is 11.4 Å². The maximum absolute atomic E-state index is 3.92. The molecule has 1 N–H and O–H groups in total. The van der Waals surface area contributed by atoms with E-state index in [1.165, 1.54) is 5.70 Å². The van der Waals surface area contributed by atoms with Gasteiger partial charge in [0.2, 0.25) is 0 Å². The molecule has 0 spiro atoms. The molecule has 1 heteroatoms. The van der Waals surface area contributed by atoms with E-state index in [9.17, 15) is 0 Å². The fourth-order valence-electron chi connectivity index (χ4n) is 1.24. The second-order valence-corrected chi connectivity index (χ2v) is 3.19. The average molecular weight is 187 g/mol. The van der Waals surface area contributed by atoms with E-state index >= 15 is 0 Å². The Morgan fingerprint density at radius 1 is 1.50 bits per heavy atom. The number of hydrogen-bond donors (Lipinski definition) is 1. The smallest absolute Gasteiger partial charge is 0.0308 e. The van der Waals surface area contributed by atoms with Gasteiger partial charge < -0.3 is 5.32 Å². The molecule has 74 valence electrons. The van der Waals surface area contributed by atoms with Crippen LogP contribution in [0.3, 0.4) is 0 Å². The van der Waals surface area contributed by atoms with Crippen LogP contribution in [0.5, 0.6) is 0 Å². The van der Waals surface area contributed by atoms with Gasteiger partial charge in [0.1, 0.15) is 0 Å². The van der Waals surface area contributed by atoms with Gasteiger partial charge in [-0.2, -0.15) is 0 Å². The normalized spacial score (nSPS) is 16.2. The van der Waals surface area contributed by atoms with Gasteiger partial charge >= 0.3 is 0 Å². The Kier molecular flexibility index (Phi) is 4.56. The summed E-state index contributed by atoms with van der Waals surface area (Å²) in [5, 5.41) is 3.27. The second kappa shape index (κ2) is 6.03. The lowest BCUT2D eigenvalue weighted by Crippen LogP contribution is -2.11. The van der Waals surface area contributed by atoms with Gasteiger partial charge in [-0.15, -0.1) is 0 Å². The van der Waals surface area contributed by atoms with E-state index in [4.69, 9.17) is 0 Å². The van der Waals surface area contributed by atoms with Crippen LogP contribution in [0.25, 0.3) is 0 Å². The molecule has 1 nitrogen and oxygen atoms in total. The van der Waals surface area contributed by atoms with Crippen LogP contribution in [-0.2, 0) is 0 Å². The predicted octanol–water partition coefficient (Wildman–Crippen LogP) is 3.46. The van der Waals surface area contributed by atoms with E-state index in [0.717, 1.165) is 18.5 Å². The lowest BCUT2D eigenvalue weighted by Gasteiger charge is -2.11. The third-order valence-corrected chi connectivity index (χ3v) is 1.94. The third-order valence-electron chi connectivity index (χ3n) is 1.94. The van der Waals surface area contributed by atoms with E-state index < -0.39 is 0 Å². The molecule has 1 aliphatic rings. The highest BCUT2D eigenvalue weighted by atomic mass is 14.9. The maximum atomic E-state index is 3.92. The summed E-state index contributed by atoms with van der Waals surface area (Å²) in [6.07, 6.45) is 16.5. The van der Waals surface area contributed by atoms with Crippen molar-refractivity contribution < 1.29 is 0 Å². The first-order chi connectivity index (χ1) is 6.83. The van der Waals surface area contributed by atoms with Gasteiger partial charge in [0.25, 0.3) is 0 Å². The van der Waals surface area contributed by atoms with E-state index in [1.54, 1.807) is 0 Å². The van der Waals surface area contributed by atoms with Gasteiger partial charge in [0.05, 0.1) is 0 Å². The van der Waals surface area contributed by atoms with Gasteiger partial charge in [-0.05, 0) is 31.9 Å². The Labute approximate surface area is 86.2 Å². The Morgan fingerprint density at radius 3 is 3.00 bits per heavy atom. The minimum atomic E-state index is 0.935. The average Bonchev–Trinajstić information content (AvgIpc) is 2.20. The molecule has 0 aromatic carbocycles. The molecule has 0 aromatic heterocycles. The quantitative estimate of drug-likeness (QED) is 0.665. The summed E-state index contributed by atoms with van der Waals surface area (Å²) in [4.78, 5) is 0. The van der Waals surface area contributed by atoms with Gasteiger partial charge in [-0.1, -0.05) is 37.0 Å². The molecule has 0 heterocycles. The van der Waals surface area contributed by atoms with Gasteiger partial charge in [0.15, 0.2) is 0 Å². The minimum Gasteiger partial charge on any atom is -0.359 e. The molecule has 0 radical (unpaired) electrons. The van der Waals surface area contributed by atoms with Crippen molar-refractivity contribution in [1.29, 1.82) is 0 Å². The van der Waals surface area contributed by atoms with Crippen LogP contribution in [0.1, 0.15) is 19.8 Å². The molecule has 14 heavy (non-hydrogen) atoms. The molecule has 1 aliphatic carbocycles. The third kappa shape index (κ3) is 3.94. The molecule has 0 fully saturated rings. The Morgan fingerprint density at radius 2 is 2.36 bits per heavy atom. The van der Waals surface area contributed by atoms with Crippen LogP contribution < -0.4 is 5.32 Å². The van der Waals surface area contributed by atoms with Crippen molar-refractivity contribution in [3.05, 3.63) is 60.5 Å². The van der Waals surface area contributed by atoms with Crippen molar-refractivity contribution in [2.24, 2.45) is 0 Å². The summed E-state index contributed by atoms with van der Waals surface area (Å²) >= 11 is 0. The predicted molar refractivity (Wildman–Crippen MR) is 62.7 cm³/mol.